The van der Waals surface area contributed by atoms with Crippen molar-refractivity contribution in [1.29, 1.82) is 0 Å². The molecule has 1 N–H and O–H groups in total. The average molecular weight is 263 g/mol. The zero-order chi connectivity index (χ0) is 13.0. The van der Waals surface area contributed by atoms with Crippen molar-refractivity contribution in [2.45, 2.75) is 46.3 Å². The lowest BCUT2D eigenvalue weighted by Crippen LogP contribution is -2.21. The zero-order valence-corrected chi connectivity index (χ0v) is 12.1. The summed E-state index contributed by atoms with van der Waals surface area (Å²) in [5.74, 6) is 0. The smallest absolute Gasteiger partial charge is 0.0926 e. The Hall–Kier alpha value is -1.13. The summed E-state index contributed by atoms with van der Waals surface area (Å²) in [5.41, 5.74) is 2.49. The van der Waals surface area contributed by atoms with Crippen molar-refractivity contribution in [1.82, 2.24) is 14.9 Å². The van der Waals surface area contributed by atoms with Gasteiger partial charge in [0.05, 0.1) is 17.2 Å². The molecule has 0 bridgehead atoms. The second kappa shape index (κ2) is 6.16. The fourth-order valence-corrected chi connectivity index (χ4v) is 2.52. The molecule has 0 atom stereocenters. The highest BCUT2D eigenvalue weighted by atomic mass is 32.1. The number of hydrogen-bond donors (Lipinski definition) is 1. The first-order valence-electron chi connectivity index (χ1n) is 6.48. The van der Waals surface area contributed by atoms with E-state index in [1.807, 2.05) is 0 Å². The Kier molecular flexibility index (Phi) is 4.55. The van der Waals surface area contributed by atoms with Crippen molar-refractivity contribution in [3.63, 3.8) is 0 Å². The summed E-state index contributed by atoms with van der Waals surface area (Å²) in [5, 5.41) is 6.80. The molecule has 0 radical (unpaired) electrons. The SMILES string of the molecule is CCc1nc(Cn2ccc(CNC(C)C)c2)cs1. The number of nitrogens with one attached hydrogen (secondary N) is 1. The fourth-order valence-electron chi connectivity index (χ4n) is 1.79. The van der Waals surface area contributed by atoms with Gasteiger partial charge in [-0.2, -0.15) is 0 Å². The van der Waals surface area contributed by atoms with Crippen molar-refractivity contribution in [3.05, 3.63) is 40.1 Å². The Balaban J connectivity index is 1.93. The van der Waals surface area contributed by atoms with E-state index in [0.29, 0.717) is 6.04 Å². The molecule has 0 saturated carbocycles. The van der Waals surface area contributed by atoms with Crippen LogP contribution in [0.1, 0.15) is 37.0 Å². The number of hydrogen-bond acceptors (Lipinski definition) is 3. The van der Waals surface area contributed by atoms with Crippen molar-refractivity contribution >= 4 is 11.3 Å². The van der Waals surface area contributed by atoms with E-state index in [2.05, 4.69) is 59.5 Å². The van der Waals surface area contributed by atoms with Gasteiger partial charge in [-0.3, -0.25) is 0 Å². The molecule has 0 fully saturated rings. The normalized spacial score (nSPS) is 11.3. The fraction of sp³-hybridized carbons (Fsp3) is 0.500. The lowest BCUT2D eigenvalue weighted by Gasteiger charge is -2.05. The number of thiazole rings is 1. The molecule has 3 nitrogen and oxygen atoms in total. The zero-order valence-electron chi connectivity index (χ0n) is 11.3. The Morgan fingerprint density at radius 3 is 2.94 bits per heavy atom. The first kappa shape index (κ1) is 13.3. The summed E-state index contributed by atoms with van der Waals surface area (Å²) in [7, 11) is 0. The van der Waals surface area contributed by atoms with Gasteiger partial charge in [0.25, 0.3) is 0 Å². The van der Waals surface area contributed by atoms with Crippen LogP contribution in [0.5, 0.6) is 0 Å². The minimum Gasteiger partial charge on any atom is -0.348 e. The molecule has 2 heterocycles. The van der Waals surface area contributed by atoms with Gasteiger partial charge >= 0.3 is 0 Å². The van der Waals surface area contributed by atoms with Crippen LogP contribution in [0.4, 0.5) is 0 Å². The molecule has 2 rings (SSSR count). The highest BCUT2D eigenvalue weighted by Crippen LogP contribution is 2.12. The van der Waals surface area contributed by atoms with Crippen LogP contribution in [-0.2, 0) is 19.5 Å². The van der Waals surface area contributed by atoms with Crippen LogP contribution in [0.25, 0.3) is 0 Å². The summed E-state index contributed by atoms with van der Waals surface area (Å²) in [6.45, 7) is 8.28. The van der Waals surface area contributed by atoms with E-state index in [4.69, 9.17) is 0 Å². The van der Waals surface area contributed by atoms with Gasteiger partial charge in [0, 0.05) is 30.4 Å². The van der Waals surface area contributed by atoms with Crippen LogP contribution in [0, 0.1) is 0 Å². The maximum Gasteiger partial charge on any atom is 0.0926 e. The Bertz CT molecular complexity index is 485. The molecule has 0 unspecified atom stereocenters. The van der Waals surface area contributed by atoms with E-state index in [9.17, 15) is 0 Å². The summed E-state index contributed by atoms with van der Waals surface area (Å²) in [6.07, 6.45) is 5.35. The second-order valence-corrected chi connectivity index (χ2v) is 5.76. The third-order valence-corrected chi connectivity index (χ3v) is 3.81. The number of nitrogens with zero attached hydrogens (tertiary/aromatic N) is 2. The van der Waals surface area contributed by atoms with Crippen molar-refractivity contribution in [3.8, 4) is 0 Å². The quantitative estimate of drug-likeness (QED) is 0.868. The molecule has 0 aliphatic carbocycles. The standard InChI is InChI=1S/C14H21N3S/c1-4-14-16-13(10-18-14)9-17-6-5-12(8-17)7-15-11(2)3/h5-6,8,10-11,15H,4,7,9H2,1-3H3. The Morgan fingerprint density at radius 1 is 1.44 bits per heavy atom. The molecule has 98 valence electrons. The molecular weight excluding hydrogens is 242 g/mol. The molecular formula is C14H21N3S. The summed E-state index contributed by atoms with van der Waals surface area (Å²) >= 11 is 1.75. The third kappa shape index (κ3) is 3.68. The second-order valence-electron chi connectivity index (χ2n) is 4.81. The molecule has 18 heavy (non-hydrogen) atoms. The monoisotopic (exact) mass is 263 g/mol. The van der Waals surface area contributed by atoms with Gasteiger partial charge in [0.2, 0.25) is 0 Å². The highest BCUT2D eigenvalue weighted by Gasteiger charge is 2.02. The van der Waals surface area contributed by atoms with Gasteiger partial charge < -0.3 is 9.88 Å². The summed E-state index contributed by atoms with van der Waals surface area (Å²) in [6, 6.07) is 2.70. The van der Waals surface area contributed by atoms with Crippen LogP contribution in [-0.4, -0.2) is 15.6 Å². The molecule has 0 aliphatic heterocycles. The average Bonchev–Trinajstić information content (AvgIpc) is 2.96. The topological polar surface area (TPSA) is 29.9 Å². The molecule has 0 saturated heterocycles. The van der Waals surface area contributed by atoms with Crippen molar-refractivity contribution in [2.75, 3.05) is 0 Å². The number of rotatable bonds is 6. The Labute approximate surface area is 113 Å². The van der Waals surface area contributed by atoms with E-state index in [1.54, 1.807) is 11.3 Å². The maximum absolute atomic E-state index is 4.59. The predicted octanol–water partition coefficient (Wildman–Crippen LogP) is 3.05. The van der Waals surface area contributed by atoms with Gasteiger partial charge in [-0.05, 0) is 18.1 Å². The molecule has 4 heteroatoms. The van der Waals surface area contributed by atoms with E-state index in [-0.39, 0.29) is 0 Å². The molecule has 2 aromatic heterocycles. The van der Waals surface area contributed by atoms with Crippen LogP contribution in [0.2, 0.25) is 0 Å². The maximum atomic E-state index is 4.59. The first-order valence-corrected chi connectivity index (χ1v) is 7.36. The predicted molar refractivity (Wildman–Crippen MR) is 77.0 cm³/mol. The molecule has 0 amide bonds. The van der Waals surface area contributed by atoms with Gasteiger partial charge in [0.1, 0.15) is 0 Å². The molecule has 0 aliphatic rings. The minimum absolute atomic E-state index is 0.527. The largest absolute Gasteiger partial charge is 0.348 e. The Morgan fingerprint density at radius 2 is 2.28 bits per heavy atom. The number of aryl methyl sites for hydroxylation is 1. The van der Waals surface area contributed by atoms with Crippen LogP contribution in [0.15, 0.2) is 23.8 Å². The highest BCUT2D eigenvalue weighted by molar-refractivity contribution is 7.09. The van der Waals surface area contributed by atoms with Gasteiger partial charge in [0.15, 0.2) is 0 Å². The lowest BCUT2D eigenvalue weighted by atomic mass is 10.3. The molecule has 2 aromatic rings. The van der Waals surface area contributed by atoms with Gasteiger partial charge in [-0.15, -0.1) is 11.3 Å². The summed E-state index contributed by atoms with van der Waals surface area (Å²) < 4.78 is 2.20. The third-order valence-electron chi connectivity index (χ3n) is 2.77. The number of aromatic nitrogens is 2. The lowest BCUT2D eigenvalue weighted by molar-refractivity contribution is 0.588. The van der Waals surface area contributed by atoms with Gasteiger partial charge in [-0.1, -0.05) is 20.8 Å². The van der Waals surface area contributed by atoms with E-state index in [0.717, 1.165) is 25.2 Å². The summed E-state index contributed by atoms with van der Waals surface area (Å²) in [4.78, 5) is 4.59. The minimum atomic E-state index is 0.527. The van der Waals surface area contributed by atoms with Crippen LogP contribution < -0.4 is 5.32 Å². The molecule has 0 spiro atoms. The van der Waals surface area contributed by atoms with E-state index >= 15 is 0 Å². The van der Waals surface area contributed by atoms with Crippen molar-refractivity contribution in [2.24, 2.45) is 0 Å². The van der Waals surface area contributed by atoms with Crippen LogP contribution >= 0.6 is 11.3 Å². The van der Waals surface area contributed by atoms with E-state index < -0.39 is 0 Å². The molecule has 0 aromatic carbocycles. The van der Waals surface area contributed by atoms with Gasteiger partial charge in [-0.25, -0.2) is 4.98 Å². The first-order chi connectivity index (χ1) is 8.67. The van der Waals surface area contributed by atoms with Crippen LogP contribution in [0.3, 0.4) is 0 Å². The van der Waals surface area contributed by atoms with Crippen molar-refractivity contribution < 1.29 is 0 Å². The van der Waals surface area contributed by atoms with E-state index in [1.165, 1.54) is 10.6 Å².